The van der Waals surface area contributed by atoms with Crippen molar-refractivity contribution in [3.8, 4) is 34.4 Å². The number of anilines is 1. The summed E-state index contributed by atoms with van der Waals surface area (Å²) in [6.07, 6.45) is 0. The van der Waals surface area contributed by atoms with Crippen LogP contribution in [0.25, 0.3) is 22.3 Å². The molecule has 25 heavy (non-hydrogen) atoms. The number of rotatable bonds is 2. The summed E-state index contributed by atoms with van der Waals surface area (Å²) in [6, 6.07) is 18.4. The molecule has 3 rings (SSSR count). The summed E-state index contributed by atoms with van der Waals surface area (Å²) in [4.78, 5) is 14.3. The lowest BCUT2D eigenvalue weighted by molar-refractivity contribution is 1.21. The van der Waals surface area contributed by atoms with Crippen LogP contribution in [0.15, 0.2) is 53.3 Å². The smallest absolute Gasteiger partial charge is 0.268 e. The van der Waals surface area contributed by atoms with Crippen LogP contribution in [-0.4, -0.2) is 4.98 Å². The van der Waals surface area contributed by atoms with Gasteiger partial charge in [0.2, 0.25) is 0 Å². The number of nitriles is 2. The largest absolute Gasteiger partial charge is 0.384 e. The number of nitrogen functional groups attached to an aromatic ring is 1. The molecule has 0 bridgehead atoms. The molecule has 0 fully saturated rings. The van der Waals surface area contributed by atoms with Crippen molar-refractivity contribution in [3.63, 3.8) is 0 Å². The molecule has 0 spiro atoms. The number of pyridine rings is 1. The predicted octanol–water partition coefficient (Wildman–Crippen LogP) is 3.69. The highest BCUT2D eigenvalue weighted by Gasteiger charge is 2.18. The van der Waals surface area contributed by atoms with E-state index in [1.54, 1.807) is 18.2 Å². The summed E-state index contributed by atoms with van der Waals surface area (Å²) in [5, 5.41) is 19.3. The van der Waals surface area contributed by atoms with Gasteiger partial charge in [-0.05, 0) is 28.8 Å². The van der Waals surface area contributed by atoms with E-state index in [4.69, 9.17) is 17.3 Å². The van der Waals surface area contributed by atoms with E-state index in [0.717, 1.165) is 11.1 Å². The van der Waals surface area contributed by atoms with Crippen molar-refractivity contribution >= 4 is 17.4 Å². The van der Waals surface area contributed by atoms with Crippen molar-refractivity contribution in [2.24, 2.45) is 0 Å². The molecule has 0 saturated heterocycles. The topological polar surface area (TPSA) is 106 Å². The Morgan fingerprint density at radius 1 is 0.920 bits per heavy atom. The van der Waals surface area contributed by atoms with Crippen LogP contribution in [-0.2, 0) is 0 Å². The third kappa shape index (κ3) is 2.97. The van der Waals surface area contributed by atoms with Crippen LogP contribution in [0.5, 0.6) is 0 Å². The van der Waals surface area contributed by atoms with Gasteiger partial charge in [0, 0.05) is 10.6 Å². The zero-order valence-corrected chi connectivity index (χ0v) is 13.6. The maximum Gasteiger partial charge on any atom is 0.268 e. The van der Waals surface area contributed by atoms with E-state index in [1.165, 1.54) is 0 Å². The molecule has 120 valence electrons. The van der Waals surface area contributed by atoms with Crippen LogP contribution in [0.1, 0.15) is 11.1 Å². The van der Waals surface area contributed by atoms with Crippen LogP contribution < -0.4 is 11.3 Å². The Bertz CT molecular complexity index is 1100. The number of nitrogens with one attached hydrogen (secondary N) is 1. The lowest BCUT2D eigenvalue weighted by Gasteiger charge is -2.10. The molecule has 0 radical (unpaired) electrons. The Morgan fingerprint density at radius 3 is 2.16 bits per heavy atom. The second-order valence-corrected chi connectivity index (χ2v) is 5.74. The second kappa shape index (κ2) is 6.52. The first-order valence-electron chi connectivity index (χ1n) is 7.27. The fourth-order valence-corrected chi connectivity index (χ4v) is 2.82. The van der Waals surface area contributed by atoms with Gasteiger partial charge in [-0.25, -0.2) is 0 Å². The highest BCUT2D eigenvalue weighted by atomic mass is 35.5. The lowest BCUT2D eigenvalue weighted by atomic mass is 9.95. The minimum absolute atomic E-state index is 0.0552. The van der Waals surface area contributed by atoms with Crippen LogP contribution in [0.4, 0.5) is 5.82 Å². The minimum atomic E-state index is -0.618. The van der Waals surface area contributed by atoms with E-state index in [2.05, 4.69) is 4.98 Å². The number of nitrogens with two attached hydrogens (primary N) is 1. The molecular formula is C19H11ClN4O. The maximum absolute atomic E-state index is 12.0. The molecule has 1 heterocycles. The number of hydrogen-bond acceptors (Lipinski definition) is 4. The minimum Gasteiger partial charge on any atom is -0.384 e. The number of halogens is 1. The number of aromatic amines is 1. The zero-order chi connectivity index (χ0) is 18.0. The van der Waals surface area contributed by atoms with Gasteiger partial charge in [-0.3, -0.25) is 4.79 Å². The van der Waals surface area contributed by atoms with Gasteiger partial charge in [0.05, 0.1) is 0 Å². The molecule has 0 atom stereocenters. The van der Waals surface area contributed by atoms with Gasteiger partial charge in [-0.2, -0.15) is 10.5 Å². The van der Waals surface area contributed by atoms with Crippen LogP contribution in [0.3, 0.4) is 0 Å². The Balaban J connectivity index is 2.18. The molecular weight excluding hydrogens is 336 g/mol. The van der Waals surface area contributed by atoms with Crippen molar-refractivity contribution in [1.29, 1.82) is 10.5 Å². The summed E-state index contributed by atoms with van der Waals surface area (Å²) in [5.74, 6) is -0.0552. The number of nitrogens with zero attached hydrogens (tertiary/aromatic N) is 2. The molecule has 0 unspecified atom stereocenters. The molecule has 5 nitrogen and oxygen atoms in total. The summed E-state index contributed by atoms with van der Waals surface area (Å²) >= 11 is 6.01. The monoisotopic (exact) mass is 346 g/mol. The summed E-state index contributed by atoms with van der Waals surface area (Å²) in [6.45, 7) is 0. The third-order valence-electron chi connectivity index (χ3n) is 3.80. The van der Waals surface area contributed by atoms with E-state index in [-0.39, 0.29) is 22.5 Å². The lowest BCUT2D eigenvalue weighted by Crippen LogP contribution is -2.16. The highest BCUT2D eigenvalue weighted by Crippen LogP contribution is 2.30. The van der Waals surface area contributed by atoms with Crippen LogP contribution >= 0.6 is 11.6 Å². The predicted molar refractivity (Wildman–Crippen MR) is 96.8 cm³/mol. The third-order valence-corrected chi connectivity index (χ3v) is 4.03. The SMILES string of the molecule is N#Cc1c(N)[nH]c(=O)c(C#N)c1-c1ccc(-c2cccc(Cl)c2)cc1. The average molecular weight is 347 g/mol. The van der Waals surface area contributed by atoms with Crippen LogP contribution in [0, 0.1) is 22.7 Å². The molecule has 1 aromatic heterocycles. The van der Waals surface area contributed by atoms with Gasteiger partial charge in [-0.1, -0.05) is 48.0 Å². The quantitative estimate of drug-likeness (QED) is 0.737. The first kappa shape index (κ1) is 16.3. The van der Waals surface area contributed by atoms with Gasteiger partial charge >= 0.3 is 0 Å². The van der Waals surface area contributed by atoms with Crippen molar-refractivity contribution < 1.29 is 0 Å². The first-order valence-corrected chi connectivity index (χ1v) is 7.65. The molecule has 0 aliphatic carbocycles. The molecule has 6 heteroatoms. The Labute approximate surface area is 148 Å². The summed E-state index contributed by atoms with van der Waals surface area (Å²) in [5.41, 5.74) is 7.71. The van der Waals surface area contributed by atoms with Crippen molar-refractivity contribution in [3.05, 3.63) is 75.0 Å². The fourth-order valence-electron chi connectivity index (χ4n) is 2.63. The normalized spacial score (nSPS) is 10.0. The fraction of sp³-hybridized carbons (Fsp3) is 0. The van der Waals surface area contributed by atoms with Crippen LogP contribution in [0.2, 0.25) is 5.02 Å². The van der Waals surface area contributed by atoms with E-state index in [9.17, 15) is 15.3 Å². The summed E-state index contributed by atoms with van der Waals surface area (Å²) < 4.78 is 0. The second-order valence-electron chi connectivity index (χ2n) is 5.30. The molecule has 0 aliphatic rings. The van der Waals surface area contributed by atoms with Crippen molar-refractivity contribution in [1.82, 2.24) is 4.98 Å². The van der Waals surface area contributed by atoms with Gasteiger partial charge in [0.1, 0.15) is 29.1 Å². The Hall–Kier alpha value is -3.54. The van der Waals surface area contributed by atoms with E-state index in [1.807, 2.05) is 42.5 Å². The number of benzene rings is 2. The number of hydrogen-bond donors (Lipinski definition) is 2. The van der Waals surface area contributed by atoms with E-state index in [0.29, 0.717) is 10.6 Å². The number of H-pyrrole nitrogens is 1. The Kier molecular flexibility index (Phi) is 4.26. The van der Waals surface area contributed by atoms with Crippen molar-refractivity contribution in [2.45, 2.75) is 0 Å². The van der Waals surface area contributed by atoms with Gasteiger partial charge < -0.3 is 10.7 Å². The molecule has 0 aliphatic heterocycles. The van der Waals surface area contributed by atoms with Crippen molar-refractivity contribution in [2.75, 3.05) is 5.73 Å². The first-order chi connectivity index (χ1) is 12.0. The molecule has 0 saturated carbocycles. The highest BCUT2D eigenvalue weighted by molar-refractivity contribution is 6.30. The molecule has 3 aromatic rings. The zero-order valence-electron chi connectivity index (χ0n) is 12.9. The van der Waals surface area contributed by atoms with Gasteiger partial charge in [0.15, 0.2) is 0 Å². The molecule has 3 N–H and O–H groups in total. The average Bonchev–Trinajstić information content (AvgIpc) is 2.61. The standard InChI is InChI=1S/C19H11ClN4O/c20-14-3-1-2-13(8-14)11-4-6-12(7-5-11)17-15(9-21)18(23)24-19(25)16(17)10-22/h1-8H,(H3,23,24,25). The summed E-state index contributed by atoms with van der Waals surface area (Å²) in [7, 11) is 0. The van der Waals surface area contributed by atoms with E-state index < -0.39 is 5.56 Å². The molecule has 0 amide bonds. The maximum atomic E-state index is 12.0. The Morgan fingerprint density at radius 2 is 1.56 bits per heavy atom. The number of aromatic nitrogens is 1. The van der Waals surface area contributed by atoms with Gasteiger partial charge in [-0.15, -0.1) is 0 Å². The van der Waals surface area contributed by atoms with Gasteiger partial charge in [0.25, 0.3) is 5.56 Å². The van der Waals surface area contributed by atoms with E-state index >= 15 is 0 Å². The molecule has 2 aromatic carbocycles.